The third-order valence-electron chi connectivity index (χ3n) is 4.82. The van der Waals surface area contributed by atoms with E-state index in [-0.39, 0.29) is 6.10 Å². The maximum atomic E-state index is 9.57. The Balaban J connectivity index is 2.19. The average molecular weight is 284 g/mol. The molecule has 0 aromatic heterocycles. The maximum absolute atomic E-state index is 9.57. The summed E-state index contributed by atoms with van der Waals surface area (Å²) in [6, 6.07) is 0.736. The average Bonchev–Trinajstić information content (AvgIpc) is 2.46. The van der Waals surface area contributed by atoms with Crippen molar-refractivity contribution in [2.75, 3.05) is 6.54 Å². The quantitative estimate of drug-likeness (QED) is 0.541. The van der Waals surface area contributed by atoms with Crippen molar-refractivity contribution >= 4 is 0 Å². The van der Waals surface area contributed by atoms with Crippen molar-refractivity contribution in [3.05, 3.63) is 0 Å². The number of hydrogen-bond donors (Lipinski definition) is 2. The summed E-state index contributed by atoms with van der Waals surface area (Å²) in [5.41, 5.74) is 0. The molecule has 0 amide bonds. The molecular formula is C18H37NO. The third kappa shape index (κ3) is 8.26. The Morgan fingerprint density at radius 2 is 1.45 bits per heavy atom. The fraction of sp³-hybridized carbons (Fsp3) is 1.00. The van der Waals surface area contributed by atoms with Crippen LogP contribution in [0.15, 0.2) is 0 Å². The van der Waals surface area contributed by atoms with Gasteiger partial charge in [-0.3, -0.25) is 0 Å². The minimum atomic E-state index is -0.0174. The summed E-state index contributed by atoms with van der Waals surface area (Å²) in [5.74, 6) is 0.804. The van der Waals surface area contributed by atoms with E-state index in [0.29, 0.717) is 0 Å². The SMILES string of the molecule is CCCCCC(CCCCC)NCC1CCC(O)CC1. The molecule has 20 heavy (non-hydrogen) atoms. The van der Waals surface area contributed by atoms with Crippen molar-refractivity contribution in [3.8, 4) is 0 Å². The third-order valence-corrected chi connectivity index (χ3v) is 4.82. The molecular weight excluding hydrogens is 246 g/mol. The first kappa shape index (κ1) is 18.0. The van der Waals surface area contributed by atoms with Gasteiger partial charge in [-0.05, 0) is 51.0 Å². The second-order valence-electron chi connectivity index (χ2n) is 6.77. The summed E-state index contributed by atoms with van der Waals surface area (Å²) in [5, 5.41) is 13.4. The van der Waals surface area contributed by atoms with E-state index in [2.05, 4.69) is 19.2 Å². The molecule has 0 unspecified atom stereocenters. The van der Waals surface area contributed by atoms with Crippen LogP contribution in [0.25, 0.3) is 0 Å². The van der Waals surface area contributed by atoms with E-state index in [0.717, 1.165) is 24.8 Å². The largest absolute Gasteiger partial charge is 0.393 e. The first-order chi connectivity index (χ1) is 9.76. The molecule has 2 N–H and O–H groups in total. The van der Waals surface area contributed by atoms with Crippen molar-refractivity contribution in [1.82, 2.24) is 5.32 Å². The highest BCUT2D eigenvalue weighted by atomic mass is 16.3. The second kappa shape index (κ2) is 11.6. The van der Waals surface area contributed by atoms with Gasteiger partial charge in [0, 0.05) is 6.04 Å². The Hall–Kier alpha value is -0.0800. The molecule has 0 bridgehead atoms. The second-order valence-corrected chi connectivity index (χ2v) is 6.77. The number of rotatable bonds is 11. The fourth-order valence-corrected chi connectivity index (χ4v) is 3.31. The van der Waals surface area contributed by atoms with Gasteiger partial charge in [0.2, 0.25) is 0 Å². The van der Waals surface area contributed by atoms with Gasteiger partial charge in [0.15, 0.2) is 0 Å². The Kier molecular flexibility index (Phi) is 10.4. The van der Waals surface area contributed by atoms with Gasteiger partial charge in [-0.15, -0.1) is 0 Å². The minimum Gasteiger partial charge on any atom is -0.393 e. The lowest BCUT2D eigenvalue weighted by atomic mass is 9.87. The van der Waals surface area contributed by atoms with Gasteiger partial charge in [-0.2, -0.15) is 0 Å². The molecule has 0 saturated heterocycles. The molecule has 0 aliphatic heterocycles. The van der Waals surface area contributed by atoms with Crippen LogP contribution in [-0.4, -0.2) is 23.8 Å². The molecule has 1 aliphatic carbocycles. The van der Waals surface area contributed by atoms with Crippen LogP contribution in [0.5, 0.6) is 0 Å². The summed E-state index contributed by atoms with van der Waals surface area (Å²) >= 11 is 0. The van der Waals surface area contributed by atoms with Crippen molar-refractivity contribution in [1.29, 1.82) is 0 Å². The number of aliphatic hydroxyl groups is 1. The lowest BCUT2D eigenvalue weighted by Gasteiger charge is -2.28. The van der Waals surface area contributed by atoms with Crippen LogP contribution in [0.3, 0.4) is 0 Å². The van der Waals surface area contributed by atoms with Gasteiger partial charge in [-0.25, -0.2) is 0 Å². The zero-order valence-electron chi connectivity index (χ0n) is 13.9. The molecule has 1 aliphatic rings. The Labute approximate surface area is 126 Å². The van der Waals surface area contributed by atoms with Crippen LogP contribution in [0.4, 0.5) is 0 Å². The van der Waals surface area contributed by atoms with Crippen LogP contribution < -0.4 is 5.32 Å². The number of unbranched alkanes of at least 4 members (excludes halogenated alkanes) is 4. The molecule has 0 heterocycles. The minimum absolute atomic E-state index is 0.0174. The molecule has 1 rings (SSSR count). The van der Waals surface area contributed by atoms with E-state index in [9.17, 15) is 5.11 Å². The maximum Gasteiger partial charge on any atom is 0.0540 e. The smallest absolute Gasteiger partial charge is 0.0540 e. The van der Waals surface area contributed by atoms with Gasteiger partial charge >= 0.3 is 0 Å². The zero-order valence-corrected chi connectivity index (χ0v) is 13.9. The van der Waals surface area contributed by atoms with Crippen LogP contribution in [0.2, 0.25) is 0 Å². The van der Waals surface area contributed by atoms with Gasteiger partial charge in [0.1, 0.15) is 0 Å². The monoisotopic (exact) mass is 283 g/mol. The van der Waals surface area contributed by atoms with Crippen LogP contribution >= 0.6 is 0 Å². The molecule has 2 heteroatoms. The normalized spacial score (nSPS) is 23.4. The molecule has 120 valence electrons. The van der Waals surface area contributed by atoms with Crippen LogP contribution in [-0.2, 0) is 0 Å². The van der Waals surface area contributed by atoms with Gasteiger partial charge in [0.25, 0.3) is 0 Å². The molecule has 1 fully saturated rings. The van der Waals surface area contributed by atoms with Crippen molar-refractivity contribution in [3.63, 3.8) is 0 Å². The Bertz CT molecular complexity index is 201. The molecule has 0 radical (unpaired) electrons. The summed E-state index contributed by atoms with van der Waals surface area (Å²) in [6.45, 7) is 5.75. The van der Waals surface area contributed by atoms with E-state index in [1.807, 2.05) is 0 Å². The highest BCUT2D eigenvalue weighted by molar-refractivity contribution is 4.76. The predicted molar refractivity (Wildman–Crippen MR) is 88.0 cm³/mol. The molecule has 2 nitrogen and oxygen atoms in total. The zero-order chi connectivity index (χ0) is 14.6. The van der Waals surface area contributed by atoms with Gasteiger partial charge < -0.3 is 10.4 Å². The Morgan fingerprint density at radius 3 is 1.95 bits per heavy atom. The van der Waals surface area contributed by atoms with E-state index in [1.165, 1.54) is 70.8 Å². The van der Waals surface area contributed by atoms with E-state index in [1.54, 1.807) is 0 Å². The molecule has 0 aromatic carbocycles. The fourth-order valence-electron chi connectivity index (χ4n) is 3.31. The lowest BCUT2D eigenvalue weighted by Crippen LogP contribution is -2.35. The van der Waals surface area contributed by atoms with E-state index in [4.69, 9.17) is 0 Å². The molecule has 0 spiro atoms. The van der Waals surface area contributed by atoms with Crippen molar-refractivity contribution in [2.45, 2.75) is 103 Å². The first-order valence-corrected chi connectivity index (χ1v) is 9.17. The highest BCUT2D eigenvalue weighted by Crippen LogP contribution is 2.24. The van der Waals surface area contributed by atoms with Crippen LogP contribution in [0.1, 0.15) is 90.9 Å². The van der Waals surface area contributed by atoms with Crippen molar-refractivity contribution < 1.29 is 5.11 Å². The number of nitrogens with one attached hydrogen (secondary N) is 1. The molecule has 1 saturated carbocycles. The highest BCUT2D eigenvalue weighted by Gasteiger charge is 2.20. The summed E-state index contributed by atoms with van der Waals surface area (Å²) in [4.78, 5) is 0. The van der Waals surface area contributed by atoms with Crippen molar-refractivity contribution in [2.24, 2.45) is 5.92 Å². The molecule has 0 aromatic rings. The van der Waals surface area contributed by atoms with E-state index < -0.39 is 0 Å². The summed E-state index contributed by atoms with van der Waals surface area (Å²) in [6.07, 6.45) is 15.3. The standard InChI is InChI=1S/C18H37NO/c1-3-5-7-9-17(10-8-6-4-2)19-15-16-11-13-18(20)14-12-16/h16-20H,3-15H2,1-2H3. The lowest BCUT2D eigenvalue weighted by molar-refractivity contribution is 0.107. The summed E-state index contributed by atoms with van der Waals surface area (Å²) in [7, 11) is 0. The topological polar surface area (TPSA) is 32.3 Å². The summed E-state index contributed by atoms with van der Waals surface area (Å²) < 4.78 is 0. The van der Waals surface area contributed by atoms with Gasteiger partial charge in [0.05, 0.1) is 6.10 Å². The predicted octanol–water partition coefficient (Wildman–Crippen LogP) is 4.66. The Morgan fingerprint density at radius 1 is 0.900 bits per heavy atom. The number of hydrogen-bond acceptors (Lipinski definition) is 2. The van der Waals surface area contributed by atoms with E-state index >= 15 is 0 Å². The van der Waals surface area contributed by atoms with Gasteiger partial charge in [-0.1, -0.05) is 52.4 Å². The number of aliphatic hydroxyl groups excluding tert-OH is 1. The first-order valence-electron chi connectivity index (χ1n) is 9.17. The molecule has 0 atom stereocenters. The van der Waals surface area contributed by atoms with Crippen LogP contribution in [0, 0.1) is 5.92 Å².